The highest BCUT2D eigenvalue weighted by atomic mass is 15.1. The van der Waals surface area contributed by atoms with Gasteiger partial charge in [0.15, 0.2) is 0 Å². The standard InChI is InChI=1S/C16H27N3/c1-19(15-8-3-2-4-9-15)12-6-11-18-16-10-5-7-14(16)13-17/h2-4,8-9,14,16,18H,5-7,10-13,17H2,1H3. The van der Waals surface area contributed by atoms with Gasteiger partial charge in [-0.25, -0.2) is 0 Å². The van der Waals surface area contributed by atoms with E-state index in [0.29, 0.717) is 12.0 Å². The van der Waals surface area contributed by atoms with Crippen LogP contribution in [0.4, 0.5) is 5.69 Å². The van der Waals surface area contributed by atoms with Crippen molar-refractivity contribution in [2.45, 2.75) is 31.7 Å². The van der Waals surface area contributed by atoms with Crippen molar-refractivity contribution >= 4 is 5.69 Å². The molecule has 3 N–H and O–H groups in total. The third-order valence-corrected chi connectivity index (χ3v) is 4.24. The van der Waals surface area contributed by atoms with E-state index in [1.54, 1.807) is 0 Å². The molecule has 1 aromatic carbocycles. The summed E-state index contributed by atoms with van der Waals surface area (Å²) < 4.78 is 0. The molecule has 0 aromatic heterocycles. The van der Waals surface area contributed by atoms with Crippen LogP contribution in [-0.2, 0) is 0 Å². The minimum atomic E-state index is 0.659. The van der Waals surface area contributed by atoms with Crippen LogP contribution in [0.5, 0.6) is 0 Å². The largest absolute Gasteiger partial charge is 0.375 e. The van der Waals surface area contributed by atoms with E-state index in [-0.39, 0.29) is 0 Å². The molecule has 3 heteroatoms. The number of nitrogens with zero attached hydrogens (tertiary/aromatic N) is 1. The van der Waals surface area contributed by atoms with Gasteiger partial charge in [-0.15, -0.1) is 0 Å². The van der Waals surface area contributed by atoms with Gasteiger partial charge in [0.2, 0.25) is 0 Å². The summed E-state index contributed by atoms with van der Waals surface area (Å²) in [5, 5.41) is 3.68. The molecule has 1 aromatic rings. The van der Waals surface area contributed by atoms with Crippen molar-refractivity contribution in [2.24, 2.45) is 11.7 Å². The highest BCUT2D eigenvalue weighted by Gasteiger charge is 2.24. The number of hydrogen-bond acceptors (Lipinski definition) is 3. The van der Waals surface area contributed by atoms with Crippen molar-refractivity contribution in [3.05, 3.63) is 30.3 Å². The molecule has 106 valence electrons. The predicted octanol–water partition coefficient (Wildman–Crippen LogP) is 2.23. The van der Waals surface area contributed by atoms with E-state index >= 15 is 0 Å². The molecule has 3 nitrogen and oxygen atoms in total. The fraction of sp³-hybridized carbons (Fsp3) is 0.625. The van der Waals surface area contributed by atoms with E-state index in [0.717, 1.165) is 19.6 Å². The van der Waals surface area contributed by atoms with Gasteiger partial charge in [-0.2, -0.15) is 0 Å². The van der Waals surface area contributed by atoms with Crippen LogP contribution in [0.3, 0.4) is 0 Å². The van der Waals surface area contributed by atoms with Gasteiger partial charge in [0.05, 0.1) is 0 Å². The third-order valence-electron chi connectivity index (χ3n) is 4.24. The Morgan fingerprint density at radius 1 is 1.26 bits per heavy atom. The number of para-hydroxylation sites is 1. The molecule has 2 unspecified atom stereocenters. The monoisotopic (exact) mass is 261 g/mol. The fourth-order valence-corrected chi connectivity index (χ4v) is 3.00. The normalized spacial score (nSPS) is 22.6. The summed E-state index contributed by atoms with van der Waals surface area (Å²) in [7, 11) is 2.16. The van der Waals surface area contributed by atoms with Crippen LogP contribution in [0, 0.1) is 5.92 Å². The van der Waals surface area contributed by atoms with E-state index in [9.17, 15) is 0 Å². The molecule has 1 aliphatic rings. The summed E-state index contributed by atoms with van der Waals surface area (Å²) in [6.07, 6.45) is 5.12. The smallest absolute Gasteiger partial charge is 0.0363 e. The molecule has 0 radical (unpaired) electrons. The van der Waals surface area contributed by atoms with Gasteiger partial charge < -0.3 is 16.0 Å². The average Bonchev–Trinajstić information content (AvgIpc) is 2.91. The maximum atomic E-state index is 5.80. The van der Waals surface area contributed by atoms with Crippen LogP contribution in [0.15, 0.2) is 30.3 Å². The second-order valence-electron chi connectivity index (χ2n) is 5.60. The quantitative estimate of drug-likeness (QED) is 0.740. The summed E-state index contributed by atoms with van der Waals surface area (Å²) in [5.74, 6) is 0.701. The average molecular weight is 261 g/mol. The van der Waals surface area contributed by atoms with Crippen LogP contribution in [0.1, 0.15) is 25.7 Å². The first-order valence-corrected chi connectivity index (χ1v) is 7.51. The molecular weight excluding hydrogens is 234 g/mol. The Bertz CT molecular complexity index is 352. The first kappa shape index (κ1) is 14.4. The fourth-order valence-electron chi connectivity index (χ4n) is 3.00. The zero-order valence-corrected chi connectivity index (χ0v) is 12.0. The van der Waals surface area contributed by atoms with Crippen LogP contribution in [0.2, 0.25) is 0 Å². The van der Waals surface area contributed by atoms with Gasteiger partial charge in [-0.05, 0) is 50.4 Å². The lowest BCUT2D eigenvalue weighted by Crippen LogP contribution is -2.37. The first-order chi connectivity index (χ1) is 9.31. The Morgan fingerprint density at radius 2 is 2.05 bits per heavy atom. The van der Waals surface area contributed by atoms with E-state index in [4.69, 9.17) is 5.73 Å². The molecule has 0 spiro atoms. The molecule has 2 rings (SSSR count). The molecule has 0 amide bonds. The van der Waals surface area contributed by atoms with E-state index in [1.807, 2.05) is 0 Å². The summed E-state index contributed by atoms with van der Waals surface area (Å²) in [5.41, 5.74) is 7.10. The van der Waals surface area contributed by atoms with Crippen molar-refractivity contribution in [3.8, 4) is 0 Å². The van der Waals surface area contributed by atoms with Gasteiger partial charge in [0.25, 0.3) is 0 Å². The SMILES string of the molecule is CN(CCCNC1CCCC1CN)c1ccccc1. The van der Waals surface area contributed by atoms with Crippen LogP contribution in [-0.4, -0.2) is 32.7 Å². The van der Waals surface area contributed by atoms with Gasteiger partial charge in [-0.1, -0.05) is 24.6 Å². The van der Waals surface area contributed by atoms with Crippen LogP contribution in [0.25, 0.3) is 0 Å². The second kappa shape index (κ2) is 7.51. The molecule has 2 atom stereocenters. The van der Waals surface area contributed by atoms with Gasteiger partial charge in [0, 0.05) is 25.3 Å². The Morgan fingerprint density at radius 3 is 2.79 bits per heavy atom. The van der Waals surface area contributed by atoms with E-state index < -0.39 is 0 Å². The van der Waals surface area contributed by atoms with Crippen LogP contribution >= 0.6 is 0 Å². The van der Waals surface area contributed by atoms with Gasteiger partial charge in [-0.3, -0.25) is 0 Å². The molecule has 1 saturated carbocycles. The highest BCUT2D eigenvalue weighted by molar-refractivity contribution is 5.44. The molecule has 0 saturated heterocycles. The lowest BCUT2D eigenvalue weighted by atomic mass is 10.0. The summed E-state index contributed by atoms with van der Waals surface area (Å²) in [6.45, 7) is 3.02. The topological polar surface area (TPSA) is 41.3 Å². The second-order valence-corrected chi connectivity index (χ2v) is 5.60. The van der Waals surface area contributed by atoms with Crippen molar-refractivity contribution in [1.82, 2.24) is 5.32 Å². The molecule has 1 fully saturated rings. The molecule has 0 heterocycles. The minimum absolute atomic E-state index is 0.659. The highest BCUT2D eigenvalue weighted by Crippen LogP contribution is 2.24. The van der Waals surface area contributed by atoms with Crippen LogP contribution < -0.4 is 16.0 Å². The lowest BCUT2D eigenvalue weighted by Gasteiger charge is -2.22. The molecular formula is C16H27N3. The third kappa shape index (κ3) is 4.22. The van der Waals surface area contributed by atoms with Crippen molar-refractivity contribution < 1.29 is 0 Å². The zero-order chi connectivity index (χ0) is 13.5. The minimum Gasteiger partial charge on any atom is -0.375 e. The summed E-state index contributed by atoms with van der Waals surface area (Å²) >= 11 is 0. The maximum Gasteiger partial charge on any atom is 0.0363 e. The molecule has 0 bridgehead atoms. The Kier molecular flexibility index (Phi) is 5.67. The summed E-state index contributed by atoms with van der Waals surface area (Å²) in [4.78, 5) is 2.32. The number of nitrogens with two attached hydrogens (primary N) is 1. The Hall–Kier alpha value is -1.06. The van der Waals surface area contributed by atoms with Crippen molar-refractivity contribution in [3.63, 3.8) is 0 Å². The summed E-state index contributed by atoms with van der Waals surface area (Å²) in [6, 6.07) is 11.2. The zero-order valence-electron chi connectivity index (χ0n) is 12.0. The first-order valence-electron chi connectivity index (χ1n) is 7.51. The molecule has 1 aliphatic carbocycles. The van der Waals surface area contributed by atoms with Gasteiger partial charge >= 0.3 is 0 Å². The Labute approximate surface area is 117 Å². The van der Waals surface area contributed by atoms with Crippen molar-refractivity contribution in [2.75, 3.05) is 31.6 Å². The lowest BCUT2D eigenvalue weighted by molar-refractivity contribution is 0.406. The van der Waals surface area contributed by atoms with Gasteiger partial charge in [0.1, 0.15) is 0 Å². The number of nitrogens with one attached hydrogen (secondary N) is 1. The molecule has 0 aliphatic heterocycles. The number of benzene rings is 1. The maximum absolute atomic E-state index is 5.80. The Balaban J connectivity index is 1.64. The number of rotatable bonds is 7. The molecule has 19 heavy (non-hydrogen) atoms. The van der Waals surface area contributed by atoms with E-state index in [2.05, 4.69) is 47.6 Å². The predicted molar refractivity (Wildman–Crippen MR) is 82.5 cm³/mol. The number of anilines is 1. The number of hydrogen-bond donors (Lipinski definition) is 2. The van der Waals surface area contributed by atoms with E-state index in [1.165, 1.54) is 31.4 Å². The van der Waals surface area contributed by atoms with Crippen molar-refractivity contribution in [1.29, 1.82) is 0 Å².